The number of halogens is 1. The number of aromatic nitrogens is 3. The molecule has 1 fully saturated rings. The van der Waals surface area contributed by atoms with Crippen molar-refractivity contribution in [2.75, 3.05) is 23.9 Å². The molecule has 1 saturated heterocycles. The van der Waals surface area contributed by atoms with E-state index in [1.54, 1.807) is 12.1 Å². The standard InChI is InChI=1S/C18H18ClN5O3S/c1-10(25)20-18-23-16-11(5-3-6-12(16)28-18)27-14-9-13(19)21-17(22-14)24(2)15-7-4-8-26-15/h3,5-6,9,15H,4,7-8H2,1-2H3,(H,20,23,25). The van der Waals surface area contributed by atoms with E-state index in [1.807, 2.05) is 24.1 Å². The molecule has 2 aromatic heterocycles. The molecule has 10 heteroatoms. The van der Waals surface area contributed by atoms with Crippen molar-refractivity contribution in [2.24, 2.45) is 0 Å². The molecule has 1 aromatic carbocycles. The smallest absolute Gasteiger partial charge is 0.231 e. The van der Waals surface area contributed by atoms with E-state index in [4.69, 9.17) is 21.1 Å². The monoisotopic (exact) mass is 419 g/mol. The van der Waals surface area contributed by atoms with Gasteiger partial charge in [-0.25, -0.2) is 9.97 Å². The van der Waals surface area contributed by atoms with Crippen molar-refractivity contribution in [3.8, 4) is 11.6 Å². The average Bonchev–Trinajstić information content (AvgIpc) is 3.30. The van der Waals surface area contributed by atoms with Crippen LogP contribution in [0.3, 0.4) is 0 Å². The van der Waals surface area contributed by atoms with Gasteiger partial charge in [-0.1, -0.05) is 29.0 Å². The Hall–Kier alpha value is -2.49. The van der Waals surface area contributed by atoms with E-state index in [-0.39, 0.29) is 17.3 Å². The molecule has 1 N–H and O–H groups in total. The maximum atomic E-state index is 11.3. The molecule has 0 spiro atoms. The van der Waals surface area contributed by atoms with Gasteiger partial charge < -0.3 is 19.7 Å². The fourth-order valence-corrected chi connectivity index (χ4v) is 4.01. The van der Waals surface area contributed by atoms with Crippen LogP contribution in [0.5, 0.6) is 11.6 Å². The molecular weight excluding hydrogens is 402 g/mol. The lowest BCUT2D eigenvalue weighted by Crippen LogP contribution is -2.32. The van der Waals surface area contributed by atoms with Crippen LogP contribution in [0.1, 0.15) is 19.8 Å². The molecule has 1 atom stereocenters. The molecule has 28 heavy (non-hydrogen) atoms. The summed E-state index contributed by atoms with van der Waals surface area (Å²) in [4.78, 5) is 26.3. The molecule has 4 rings (SSSR count). The Morgan fingerprint density at radius 3 is 3.00 bits per heavy atom. The van der Waals surface area contributed by atoms with E-state index in [2.05, 4.69) is 20.3 Å². The molecule has 1 unspecified atom stereocenters. The number of nitrogens with zero attached hydrogens (tertiary/aromatic N) is 4. The molecule has 146 valence electrons. The van der Waals surface area contributed by atoms with Gasteiger partial charge in [0.25, 0.3) is 0 Å². The van der Waals surface area contributed by atoms with Gasteiger partial charge in [0.05, 0.1) is 4.70 Å². The second-order valence-electron chi connectivity index (χ2n) is 6.31. The van der Waals surface area contributed by atoms with E-state index in [0.29, 0.717) is 28.2 Å². The largest absolute Gasteiger partial charge is 0.436 e. The summed E-state index contributed by atoms with van der Waals surface area (Å²) in [6.07, 6.45) is 1.84. The number of anilines is 2. The quantitative estimate of drug-likeness (QED) is 0.623. The van der Waals surface area contributed by atoms with Crippen molar-refractivity contribution in [2.45, 2.75) is 26.0 Å². The minimum absolute atomic E-state index is 0.0755. The maximum Gasteiger partial charge on any atom is 0.231 e. The van der Waals surface area contributed by atoms with Crippen LogP contribution in [-0.2, 0) is 9.53 Å². The number of nitrogens with one attached hydrogen (secondary N) is 1. The number of rotatable bonds is 5. The van der Waals surface area contributed by atoms with Crippen molar-refractivity contribution in [3.63, 3.8) is 0 Å². The van der Waals surface area contributed by atoms with Gasteiger partial charge >= 0.3 is 0 Å². The van der Waals surface area contributed by atoms with Crippen molar-refractivity contribution < 1.29 is 14.3 Å². The number of carbonyl (C=O) groups excluding carboxylic acids is 1. The zero-order valence-electron chi connectivity index (χ0n) is 15.3. The molecule has 3 aromatic rings. The Morgan fingerprint density at radius 1 is 1.39 bits per heavy atom. The van der Waals surface area contributed by atoms with E-state index in [9.17, 15) is 4.79 Å². The van der Waals surface area contributed by atoms with Gasteiger partial charge in [0.15, 0.2) is 10.9 Å². The zero-order chi connectivity index (χ0) is 19.7. The number of amides is 1. The van der Waals surface area contributed by atoms with Gasteiger partial charge in [-0.3, -0.25) is 4.79 Å². The number of hydrogen-bond acceptors (Lipinski definition) is 8. The Morgan fingerprint density at radius 2 is 2.25 bits per heavy atom. The molecule has 1 aliphatic rings. The molecule has 0 bridgehead atoms. The SMILES string of the molecule is CC(=O)Nc1nc2c(Oc3cc(Cl)nc(N(C)C4CCCO4)n3)cccc2s1. The maximum absolute atomic E-state index is 11.3. The molecule has 1 amide bonds. The predicted octanol–water partition coefficient (Wildman–Crippen LogP) is 4.06. The van der Waals surface area contributed by atoms with Crippen LogP contribution in [0, 0.1) is 0 Å². The van der Waals surface area contributed by atoms with Crippen LogP contribution in [0.25, 0.3) is 10.2 Å². The van der Waals surface area contributed by atoms with Gasteiger partial charge in [-0.05, 0) is 25.0 Å². The number of ether oxygens (including phenoxy) is 2. The van der Waals surface area contributed by atoms with E-state index < -0.39 is 0 Å². The highest BCUT2D eigenvalue weighted by molar-refractivity contribution is 7.22. The van der Waals surface area contributed by atoms with Crippen LogP contribution < -0.4 is 15.0 Å². The van der Waals surface area contributed by atoms with Crippen molar-refractivity contribution in [1.82, 2.24) is 15.0 Å². The first-order valence-corrected chi connectivity index (χ1v) is 9.93. The summed E-state index contributed by atoms with van der Waals surface area (Å²) >= 11 is 7.56. The Bertz CT molecular complexity index is 1020. The summed E-state index contributed by atoms with van der Waals surface area (Å²) in [5.41, 5.74) is 0.639. The number of fused-ring (bicyclic) bond motifs is 1. The predicted molar refractivity (Wildman–Crippen MR) is 108 cm³/mol. The Kier molecular flexibility index (Phi) is 5.29. The third-order valence-electron chi connectivity index (χ3n) is 4.19. The minimum atomic E-state index is -0.175. The highest BCUT2D eigenvalue weighted by Gasteiger charge is 2.23. The molecule has 0 saturated carbocycles. The Labute approximate surface area is 170 Å². The van der Waals surface area contributed by atoms with Crippen LogP contribution >= 0.6 is 22.9 Å². The molecule has 0 aliphatic carbocycles. The second kappa shape index (κ2) is 7.86. The molecule has 1 aliphatic heterocycles. The lowest BCUT2D eigenvalue weighted by molar-refractivity contribution is -0.114. The number of benzene rings is 1. The molecule has 0 radical (unpaired) electrons. The topological polar surface area (TPSA) is 89.5 Å². The Balaban J connectivity index is 1.63. The van der Waals surface area contributed by atoms with E-state index >= 15 is 0 Å². The van der Waals surface area contributed by atoms with Gasteiger partial charge in [0.2, 0.25) is 17.7 Å². The average molecular weight is 420 g/mol. The summed E-state index contributed by atoms with van der Waals surface area (Å²) in [7, 11) is 1.87. The summed E-state index contributed by atoms with van der Waals surface area (Å²) in [6, 6.07) is 7.11. The number of hydrogen-bond donors (Lipinski definition) is 1. The fraction of sp³-hybridized carbons (Fsp3) is 0.333. The third kappa shape index (κ3) is 4.01. The van der Waals surface area contributed by atoms with Gasteiger partial charge in [0, 0.05) is 26.6 Å². The third-order valence-corrected chi connectivity index (χ3v) is 5.32. The minimum Gasteiger partial charge on any atom is -0.436 e. The van der Waals surface area contributed by atoms with Gasteiger partial charge in [0.1, 0.15) is 16.9 Å². The lowest BCUT2D eigenvalue weighted by atomic mass is 10.3. The summed E-state index contributed by atoms with van der Waals surface area (Å²) < 4.78 is 12.5. The van der Waals surface area contributed by atoms with Crippen LogP contribution in [0.4, 0.5) is 11.1 Å². The van der Waals surface area contributed by atoms with Gasteiger partial charge in [-0.15, -0.1) is 0 Å². The van der Waals surface area contributed by atoms with Crippen molar-refractivity contribution in [1.29, 1.82) is 0 Å². The van der Waals surface area contributed by atoms with E-state index in [1.165, 1.54) is 18.3 Å². The normalized spacial score (nSPS) is 16.3. The summed E-state index contributed by atoms with van der Waals surface area (Å²) in [6.45, 7) is 2.17. The first kappa shape index (κ1) is 18.9. The highest BCUT2D eigenvalue weighted by atomic mass is 35.5. The van der Waals surface area contributed by atoms with Crippen molar-refractivity contribution >= 4 is 50.1 Å². The van der Waals surface area contributed by atoms with Crippen LogP contribution in [-0.4, -0.2) is 40.7 Å². The van der Waals surface area contributed by atoms with E-state index in [0.717, 1.165) is 24.1 Å². The summed E-state index contributed by atoms with van der Waals surface area (Å²) in [5, 5.41) is 3.48. The van der Waals surface area contributed by atoms with Crippen LogP contribution in [0.2, 0.25) is 5.15 Å². The van der Waals surface area contributed by atoms with Gasteiger partial charge in [-0.2, -0.15) is 4.98 Å². The number of thiazole rings is 1. The first-order chi connectivity index (χ1) is 13.5. The fourth-order valence-electron chi connectivity index (χ4n) is 2.91. The summed E-state index contributed by atoms with van der Waals surface area (Å²) in [5.74, 6) is 1.08. The number of carbonyl (C=O) groups is 1. The zero-order valence-corrected chi connectivity index (χ0v) is 16.9. The molecule has 3 heterocycles. The highest BCUT2D eigenvalue weighted by Crippen LogP contribution is 2.35. The van der Waals surface area contributed by atoms with Crippen molar-refractivity contribution in [3.05, 3.63) is 29.4 Å². The lowest BCUT2D eigenvalue weighted by Gasteiger charge is -2.23. The molecular formula is C18H18ClN5O3S. The van der Waals surface area contributed by atoms with Crippen LogP contribution in [0.15, 0.2) is 24.3 Å². The first-order valence-electron chi connectivity index (χ1n) is 8.73. The second-order valence-corrected chi connectivity index (χ2v) is 7.73. The number of para-hydroxylation sites is 1. The molecule has 8 nitrogen and oxygen atoms in total.